The predicted molar refractivity (Wildman–Crippen MR) is 121 cm³/mol. The van der Waals surface area contributed by atoms with Gasteiger partial charge in [-0.3, -0.25) is 4.79 Å². The van der Waals surface area contributed by atoms with E-state index >= 15 is 0 Å². The van der Waals surface area contributed by atoms with Gasteiger partial charge in [0.05, 0.1) is 14.2 Å². The van der Waals surface area contributed by atoms with Crippen LogP contribution in [0.2, 0.25) is 0 Å². The minimum absolute atomic E-state index is 0.336. The Morgan fingerprint density at radius 1 is 1.03 bits per heavy atom. The van der Waals surface area contributed by atoms with Crippen LogP contribution in [0.25, 0.3) is 17.2 Å². The third-order valence-electron chi connectivity index (χ3n) is 4.62. The molecule has 0 bridgehead atoms. The number of hydrogen-bond donors (Lipinski definition) is 1. The summed E-state index contributed by atoms with van der Waals surface area (Å²) in [6.07, 6.45) is 3.11. The van der Waals surface area contributed by atoms with Crippen LogP contribution in [0.1, 0.15) is 27.0 Å². The van der Waals surface area contributed by atoms with Gasteiger partial charge in [-0.25, -0.2) is 4.79 Å². The number of rotatable bonds is 6. The fourth-order valence-corrected chi connectivity index (χ4v) is 4.00. The lowest BCUT2D eigenvalue weighted by atomic mass is 9.97. The maximum Gasteiger partial charge on any atom is 0.341 e. The van der Waals surface area contributed by atoms with Crippen molar-refractivity contribution in [1.82, 2.24) is 0 Å². The lowest BCUT2D eigenvalue weighted by Gasteiger charge is -2.09. The van der Waals surface area contributed by atoms with Crippen LogP contribution in [0, 0.1) is 13.8 Å². The van der Waals surface area contributed by atoms with Crippen molar-refractivity contribution in [3.05, 3.63) is 76.2 Å². The number of nitrogens with one attached hydrogen (secondary N) is 1. The first-order valence-corrected chi connectivity index (χ1v) is 10.2. The minimum atomic E-state index is -0.487. The second kappa shape index (κ2) is 9.41. The first kappa shape index (κ1) is 21.3. The standard InChI is InChI=1S/C24H23NO4S/c1-15-8-9-16(2)19(12-15)20-14-30-23(22(20)24(27)29-4)25-21(26)11-10-17-6-5-7-18(13-17)28-3/h5-14H,1-4H3,(H,25,26)/b11-10+. The molecule has 0 atom stereocenters. The van der Waals surface area contributed by atoms with Crippen LogP contribution in [0.3, 0.4) is 0 Å². The average Bonchev–Trinajstić information content (AvgIpc) is 3.16. The number of anilines is 1. The van der Waals surface area contributed by atoms with Crippen LogP contribution in [0.4, 0.5) is 5.00 Å². The van der Waals surface area contributed by atoms with Gasteiger partial charge in [0.1, 0.15) is 16.3 Å². The second-order valence-corrected chi connectivity index (χ2v) is 7.64. The van der Waals surface area contributed by atoms with Crippen molar-refractivity contribution in [3.63, 3.8) is 0 Å². The molecule has 0 saturated carbocycles. The molecular weight excluding hydrogens is 398 g/mol. The quantitative estimate of drug-likeness (QED) is 0.423. The number of hydrogen-bond acceptors (Lipinski definition) is 5. The van der Waals surface area contributed by atoms with Crippen LogP contribution < -0.4 is 10.1 Å². The Morgan fingerprint density at radius 2 is 1.83 bits per heavy atom. The van der Waals surface area contributed by atoms with E-state index in [0.29, 0.717) is 16.3 Å². The Balaban J connectivity index is 1.89. The van der Waals surface area contributed by atoms with Crippen molar-refractivity contribution < 1.29 is 19.1 Å². The fourth-order valence-electron chi connectivity index (χ4n) is 3.05. The molecule has 30 heavy (non-hydrogen) atoms. The summed E-state index contributed by atoms with van der Waals surface area (Å²) in [5, 5.41) is 5.14. The molecule has 0 saturated heterocycles. The van der Waals surface area contributed by atoms with E-state index in [1.807, 2.05) is 61.7 Å². The zero-order valence-corrected chi connectivity index (χ0v) is 18.1. The van der Waals surface area contributed by atoms with E-state index in [2.05, 4.69) is 5.32 Å². The van der Waals surface area contributed by atoms with Crippen LogP contribution in [0.5, 0.6) is 5.75 Å². The topological polar surface area (TPSA) is 64.6 Å². The molecule has 3 aromatic rings. The normalized spacial score (nSPS) is 10.8. The minimum Gasteiger partial charge on any atom is -0.497 e. The number of thiophene rings is 1. The molecule has 6 heteroatoms. The molecule has 1 aromatic heterocycles. The maximum absolute atomic E-state index is 12.5. The first-order valence-electron chi connectivity index (χ1n) is 9.33. The monoisotopic (exact) mass is 421 g/mol. The molecule has 0 aliphatic carbocycles. The molecule has 0 unspecified atom stereocenters. The molecule has 0 fully saturated rings. The van der Waals surface area contributed by atoms with Gasteiger partial charge in [0, 0.05) is 17.0 Å². The van der Waals surface area contributed by atoms with Gasteiger partial charge >= 0.3 is 5.97 Å². The van der Waals surface area contributed by atoms with Crippen molar-refractivity contribution >= 4 is 34.3 Å². The number of esters is 1. The Morgan fingerprint density at radius 3 is 2.57 bits per heavy atom. The number of methoxy groups -OCH3 is 2. The van der Waals surface area contributed by atoms with Gasteiger partial charge in [-0.1, -0.05) is 35.9 Å². The van der Waals surface area contributed by atoms with Crippen LogP contribution in [0.15, 0.2) is 53.9 Å². The lowest BCUT2D eigenvalue weighted by molar-refractivity contribution is -0.111. The van der Waals surface area contributed by atoms with E-state index in [0.717, 1.165) is 27.8 Å². The van der Waals surface area contributed by atoms with Crippen LogP contribution in [-0.4, -0.2) is 26.1 Å². The Hall–Kier alpha value is -3.38. The summed E-state index contributed by atoms with van der Waals surface area (Å²) >= 11 is 1.30. The number of benzene rings is 2. The van der Waals surface area contributed by atoms with Gasteiger partial charge in [0.15, 0.2) is 0 Å². The molecular formula is C24H23NO4S. The molecule has 0 aliphatic rings. The largest absolute Gasteiger partial charge is 0.497 e. The zero-order chi connectivity index (χ0) is 21.7. The highest BCUT2D eigenvalue weighted by atomic mass is 32.1. The van der Waals surface area contributed by atoms with Crippen LogP contribution >= 0.6 is 11.3 Å². The number of amides is 1. The molecule has 5 nitrogen and oxygen atoms in total. The van der Waals surface area contributed by atoms with Gasteiger partial charge in [-0.15, -0.1) is 11.3 Å². The van der Waals surface area contributed by atoms with Crippen molar-refractivity contribution in [2.75, 3.05) is 19.5 Å². The van der Waals surface area contributed by atoms with E-state index in [1.54, 1.807) is 13.2 Å². The molecule has 3 rings (SSSR count). The first-order chi connectivity index (χ1) is 14.4. The van der Waals surface area contributed by atoms with Crippen molar-refractivity contribution in [2.24, 2.45) is 0 Å². The van der Waals surface area contributed by atoms with E-state index in [9.17, 15) is 9.59 Å². The smallest absolute Gasteiger partial charge is 0.341 e. The number of aryl methyl sites for hydroxylation is 2. The van der Waals surface area contributed by atoms with Crippen molar-refractivity contribution in [1.29, 1.82) is 0 Å². The fraction of sp³-hybridized carbons (Fsp3) is 0.167. The summed E-state index contributed by atoms with van der Waals surface area (Å²) in [5.41, 5.74) is 5.02. The third-order valence-corrected chi connectivity index (χ3v) is 5.52. The Kier molecular flexibility index (Phi) is 6.69. The Bertz CT molecular complexity index is 1110. The molecule has 1 amide bonds. The molecule has 154 valence electrons. The average molecular weight is 422 g/mol. The van der Waals surface area contributed by atoms with E-state index in [1.165, 1.54) is 24.5 Å². The van der Waals surface area contributed by atoms with Gasteiger partial charge < -0.3 is 14.8 Å². The molecule has 2 aromatic carbocycles. The van der Waals surface area contributed by atoms with E-state index < -0.39 is 5.97 Å². The number of carbonyl (C=O) groups excluding carboxylic acids is 2. The summed E-state index contributed by atoms with van der Waals surface area (Å²) in [6.45, 7) is 3.99. The van der Waals surface area contributed by atoms with Gasteiger partial charge in [-0.2, -0.15) is 0 Å². The second-order valence-electron chi connectivity index (χ2n) is 6.76. The molecule has 1 heterocycles. The SMILES string of the molecule is COC(=O)c1c(-c2cc(C)ccc2C)csc1NC(=O)/C=C/c1cccc(OC)c1. The van der Waals surface area contributed by atoms with Gasteiger partial charge in [-0.05, 0) is 48.7 Å². The molecule has 0 aliphatic heterocycles. The van der Waals surface area contributed by atoms with Gasteiger partial charge in [0.2, 0.25) is 5.91 Å². The number of carbonyl (C=O) groups is 2. The highest BCUT2D eigenvalue weighted by Crippen LogP contribution is 2.38. The van der Waals surface area contributed by atoms with Crippen molar-refractivity contribution in [3.8, 4) is 16.9 Å². The van der Waals surface area contributed by atoms with E-state index in [-0.39, 0.29) is 5.91 Å². The molecule has 0 radical (unpaired) electrons. The zero-order valence-electron chi connectivity index (χ0n) is 17.3. The highest BCUT2D eigenvalue weighted by Gasteiger charge is 2.22. The maximum atomic E-state index is 12.5. The number of ether oxygens (including phenoxy) is 2. The summed E-state index contributed by atoms with van der Waals surface area (Å²) in [5.74, 6) is -0.112. The third kappa shape index (κ3) is 4.78. The summed E-state index contributed by atoms with van der Waals surface area (Å²) in [4.78, 5) is 25.0. The van der Waals surface area contributed by atoms with Crippen LogP contribution in [-0.2, 0) is 9.53 Å². The lowest BCUT2D eigenvalue weighted by Crippen LogP contribution is -2.11. The molecule has 1 N–H and O–H groups in total. The summed E-state index contributed by atoms with van der Waals surface area (Å²) in [6, 6.07) is 13.4. The van der Waals surface area contributed by atoms with Gasteiger partial charge in [0.25, 0.3) is 0 Å². The van der Waals surface area contributed by atoms with Crippen molar-refractivity contribution in [2.45, 2.75) is 13.8 Å². The summed E-state index contributed by atoms with van der Waals surface area (Å²) < 4.78 is 10.2. The predicted octanol–water partition coefficient (Wildman–Crippen LogP) is 5.48. The Labute approximate surface area is 180 Å². The highest BCUT2D eigenvalue weighted by molar-refractivity contribution is 7.15. The summed E-state index contributed by atoms with van der Waals surface area (Å²) in [7, 11) is 2.93. The van der Waals surface area contributed by atoms with E-state index in [4.69, 9.17) is 9.47 Å². The molecule has 0 spiro atoms.